The molecule has 2 amide bonds. The van der Waals surface area contributed by atoms with Crippen LogP contribution in [-0.2, 0) is 14.3 Å². The molecule has 31 heavy (non-hydrogen) atoms. The third-order valence-electron chi connectivity index (χ3n) is 5.18. The van der Waals surface area contributed by atoms with E-state index in [4.69, 9.17) is 4.74 Å². The number of rotatable bonds is 7. The molecule has 2 N–H and O–H groups in total. The van der Waals surface area contributed by atoms with Gasteiger partial charge in [0.2, 0.25) is 0 Å². The molecule has 3 heterocycles. The second-order valence-electron chi connectivity index (χ2n) is 7.56. The van der Waals surface area contributed by atoms with Crippen molar-refractivity contribution in [3.05, 3.63) is 28.2 Å². The van der Waals surface area contributed by atoms with Gasteiger partial charge in [-0.2, -0.15) is 0 Å². The van der Waals surface area contributed by atoms with Crippen LogP contribution in [0.15, 0.2) is 22.2 Å². The highest BCUT2D eigenvalue weighted by atomic mass is 32.1. The molecule has 0 unspecified atom stereocenters. The SMILES string of the molecule is COC(=O)c1scc(C)c1NC(=O)C[N+]1(CC(=O)Nc2ccon2)CCC(F)(F)CC1. The van der Waals surface area contributed by atoms with E-state index in [9.17, 15) is 23.2 Å². The van der Waals surface area contributed by atoms with Gasteiger partial charge < -0.3 is 24.4 Å². The van der Waals surface area contributed by atoms with Crippen molar-refractivity contribution < 1.29 is 36.9 Å². The molecule has 2 aromatic heterocycles. The van der Waals surface area contributed by atoms with Crippen molar-refractivity contribution in [1.29, 1.82) is 0 Å². The number of likely N-dealkylation sites (tertiary alicyclic amines) is 1. The van der Waals surface area contributed by atoms with E-state index >= 15 is 0 Å². The van der Waals surface area contributed by atoms with E-state index < -0.39 is 36.5 Å². The third-order valence-corrected chi connectivity index (χ3v) is 6.26. The number of piperidine rings is 1. The normalized spacial score (nSPS) is 17.0. The molecule has 1 fully saturated rings. The van der Waals surface area contributed by atoms with Gasteiger partial charge in [0.25, 0.3) is 17.7 Å². The minimum atomic E-state index is -2.83. The van der Waals surface area contributed by atoms with Crippen LogP contribution < -0.4 is 10.6 Å². The minimum Gasteiger partial charge on any atom is -0.465 e. The molecule has 168 valence electrons. The molecule has 3 rings (SSSR count). The summed E-state index contributed by atoms with van der Waals surface area (Å²) in [6.45, 7) is 1.27. The molecule has 2 aromatic rings. The first-order valence-corrected chi connectivity index (χ1v) is 10.4. The van der Waals surface area contributed by atoms with Crippen LogP contribution in [0.25, 0.3) is 0 Å². The molecule has 1 saturated heterocycles. The summed E-state index contributed by atoms with van der Waals surface area (Å²) < 4.78 is 36.8. The summed E-state index contributed by atoms with van der Waals surface area (Å²) in [6, 6.07) is 1.45. The number of alkyl halides is 2. The van der Waals surface area contributed by atoms with Crippen molar-refractivity contribution in [2.45, 2.75) is 25.7 Å². The highest BCUT2D eigenvalue weighted by molar-refractivity contribution is 7.12. The van der Waals surface area contributed by atoms with Crippen LogP contribution in [0.3, 0.4) is 0 Å². The Morgan fingerprint density at radius 2 is 1.87 bits per heavy atom. The van der Waals surface area contributed by atoms with Crippen LogP contribution in [0.2, 0.25) is 0 Å². The number of methoxy groups -OCH3 is 1. The zero-order valence-corrected chi connectivity index (χ0v) is 17.9. The zero-order chi connectivity index (χ0) is 22.6. The van der Waals surface area contributed by atoms with Crippen LogP contribution in [0.1, 0.15) is 28.1 Å². The van der Waals surface area contributed by atoms with Crippen LogP contribution >= 0.6 is 11.3 Å². The molecule has 0 atom stereocenters. The molecule has 1 aliphatic rings. The Kier molecular flexibility index (Phi) is 6.70. The fraction of sp³-hybridized carbons (Fsp3) is 0.474. The van der Waals surface area contributed by atoms with Gasteiger partial charge in [0.15, 0.2) is 18.9 Å². The molecule has 9 nitrogen and oxygen atoms in total. The van der Waals surface area contributed by atoms with E-state index in [-0.39, 0.29) is 41.4 Å². The Bertz CT molecular complexity index is 951. The van der Waals surface area contributed by atoms with E-state index in [0.717, 1.165) is 11.3 Å². The number of nitrogens with one attached hydrogen (secondary N) is 2. The summed E-state index contributed by atoms with van der Waals surface area (Å²) in [6.07, 6.45) is 0.432. The van der Waals surface area contributed by atoms with E-state index in [1.165, 1.54) is 19.4 Å². The molecule has 0 spiro atoms. The number of aryl methyl sites for hydroxylation is 1. The van der Waals surface area contributed by atoms with Gasteiger partial charge in [-0.15, -0.1) is 11.3 Å². The van der Waals surface area contributed by atoms with Crippen LogP contribution in [-0.4, -0.2) is 66.6 Å². The van der Waals surface area contributed by atoms with Crippen molar-refractivity contribution in [2.24, 2.45) is 0 Å². The smallest absolute Gasteiger partial charge is 0.350 e. The number of carbonyl (C=O) groups is 3. The Hall–Kier alpha value is -2.86. The quantitative estimate of drug-likeness (QED) is 0.489. The second kappa shape index (κ2) is 9.10. The predicted molar refractivity (Wildman–Crippen MR) is 108 cm³/mol. The van der Waals surface area contributed by atoms with Gasteiger partial charge in [-0.05, 0) is 17.9 Å². The molecule has 0 bridgehead atoms. The summed E-state index contributed by atoms with van der Waals surface area (Å²) in [7, 11) is 1.24. The van der Waals surface area contributed by atoms with Gasteiger partial charge in [-0.25, -0.2) is 13.6 Å². The number of nitrogens with zero attached hydrogens (tertiary/aromatic N) is 2. The van der Waals surface area contributed by atoms with Crippen LogP contribution in [0.4, 0.5) is 20.3 Å². The molecule has 0 aliphatic carbocycles. The fourth-order valence-corrected chi connectivity index (χ4v) is 4.42. The van der Waals surface area contributed by atoms with E-state index in [1.807, 2.05) is 0 Å². The standard InChI is InChI=1S/C19H22F2N4O5S/c1-12-11-31-17(18(28)29-2)16(12)23-15(27)10-25(6-4-19(20,21)5-7-25)9-14(26)22-13-3-8-30-24-13/h3,8,11H,4-7,9-10H2,1-2H3,(H-,22,23,24,26,27,28)/p+1. The highest BCUT2D eigenvalue weighted by Crippen LogP contribution is 2.33. The number of ether oxygens (including phenoxy) is 1. The molecule has 0 radical (unpaired) electrons. The molecule has 0 saturated carbocycles. The van der Waals surface area contributed by atoms with E-state index in [1.54, 1.807) is 12.3 Å². The number of esters is 1. The number of carbonyl (C=O) groups excluding carboxylic acids is 3. The molecule has 0 aromatic carbocycles. The van der Waals surface area contributed by atoms with E-state index in [2.05, 4.69) is 20.3 Å². The van der Waals surface area contributed by atoms with Crippen molar-refractivity contribution in [2.75, 3.05) is 43.9 Å². The summed E-state index contributed by atoms with van der Waals surface area (Å²) >= 11 is 1.14. The molecule has 1 aliphatic heterocycles. The number of hydrogen-bond acceptors (Lipinski definition) is 7. The van der Waals surface area contributed by atoms with Crippen LogP contribution in [0.5, 0.6) is 0 Å². The maximum Gasteiger partial charge on any atom is 0.350 e. The largest absolute Gasteiger partial charge is 0.465 e. The van der Waals surface area contributed by atoms with Gasteiger partial charge in [0.05, 0.1) is 38.7 Å². The number of quaternary nitrogens is 1. The van der Waals surface area contributed by atoms with Gasteiger partial charge >= 0.3 is 5.97 Å². The lowest BCUT2D eigenvalue weighted by atomic mass is 10.0. The Labute approximate surface area is 180 Å². The van der Waals surface area contributed by atoms with Crippen molar-refractivity contribution in [3.8, 4) is 0 Å². The number of thiophene rings is 1. The monoisotopic (exact) mass is 457 g/mol. The van der Waals surface area contributed by atoms with Gasteiger partial charge in [0, 0.05) is 6.07 Å². The maximum atomic E-state index is 13.8. The topological polar surface area (TPSA) is 111 Å². The lowest BCUT2D eigenvalue weighted by Gasteiger charge is -2.42. The number of anilines is 2. The number of amides is 2. The van der Waals surface area contributed by atoms with Crippen LogP contribution in [0, 0.1) is 6.92 Å². The van der Waals surface area contributed by atoms with E-state index in [0.29, 0.717) is 11.3 Å². The van der Waals surface area contributed by atoms with Gasteiger partial charge in [-0.3, -0.25) is 9.59 Å². The summed E-state index contributed by atoms with van der Waals surface area (Å²) in [4.78, 5) is 37.5. The summed E-state index contributed by atoms with van der Waals surface area (Å²) in [5.41, 5.74) is 1.01. The average molecular weight is 457 g/mol. The third kappa shape index (κ3) is 5.64. The summed E-state index contributed by atoms with van der Waals surface area (Å²) in [5, 5.41) is 10.5. The Morgan fingerprint density at radius 1 is 1.23 bits per heavy atom. The maximum absolute atomic E-state index is 13.8. The minimum absolute atomic E-state index is 0.0425. The molecular weight excluding hydrogens is 434 g/mol. The average Bonchev–Trinajstić information content (AvgIpc) is 3.34. The number of halogens is 2. The molecular formula is C19H23F2N4O5S+. The zero-order valence-electron chi connectivity index (χ0n) is 17.1. The van der Waals surface area contributed by atoms with Crippen molar-refractivity contribution in [3.63, 3.8) is 0 Å². The van der Waals surface area contributed by atoms with Crippen molar-refractivity contribution >= 4 is 40.6 Å². The predicted octanol–water partition coefficient (Wildman–Crippen LogP) is 2.65. The number of aromatic nitrogens is 1. The number of hydrogen-bond donors (Lipinski definition) is 2. The first-order valence-electron chi connectivity index (χ1n) is 9.52. The first-order chi connectivity index (χ1) is 14.6. The Balaban J connectivity index is 1.74. The second-order valence-corrected chi connectivity index (χ2v) is 8.44. The Morgan fingerprint density at radius 3 is 2.45 bits per heavy atom. The van der Waals surface area contributed by atoms with Gasteiger partial charge in [-0.1, -0.05) is 5.16 Å². The van der Waals surface area contributed by atoms with Gasteiger partial charge in [0.1, 0.15) is 11.1 Å². The fourth-order valence-electron chi connectivity index (χ4n) is 3.50. The van der Waals surface area contributed by atoms with Crippen molar-refractivity contribution in [1.82, 2.24) is 5.16 Å². The molecule has 12 heteroatoms. The first kappa shape index (κ1) is 22.8. The highest BCUT2D eigenvalue weighted by Gasteiger charge is 2.45. The summed E-state index contributed by atoms with van der Waals surface area (Å²) in [5.74, 6) is -4.16. The lowest BCUT2D eigenvalue weighted by Crippen LogP contribution is -2.61. The lowest BCUT2D eigenvalue weighted by molar-refractivity contribution is -0.920.